The monoisotopic (exact) mass is 660 g/mol. The largest absolute Gasteiger partial charge is 0.456 e. The molecule has 0 fully saturated rings. The summed E-state index contributed by atoms with van der Waals surface area (Å²) in [5.41, 5.74) is 14.3. The lowest BCUT2D eigenvalue weighted by molar-refractivity contribution is 0.487. The quantitative estimate of drug-likeness (QED) is 0.183. The van der Waals surface area contributed by atoms with E-state index in [1.165, 1.54) is 77.4 Å². The number of hydrogen-bond acceptors (Lipinski definition) is 1. The van der Waals surface area contributed by atoms with Crippen LogP contribution in [0.25, 0.3) is 66.1 Å². The molecule has 1 heterocycles. The van der Waals surface area contributed by atoms with Crippen LogP contribution in [0.15, 0.2) is 194 Å². The molecule has 1 nitrogen and oxygen atoms in total. The average molecular weight is 661 g/mol. The lowest BCUT2D eigenvalue weighted by atomic mass is 9.66. The van der Waals surface area contributed by atoms with Gasteiger partial charge in [-0.15, -0.1) is 0 Å². The number of ether oxygens (including phenoxy) is 1. The van der Waals surface area contributed by atoms with Crippen molar-refractivity contribution in [1.29, 1.82) is 0 Å². The van der Waals surface area contributed by atoms with Crippen LogP contribution in [0.5, 0.6) is 11.5 Å². The minimum absolute atomic E-state index is 0.567. The predicted molar refractivity (Wildman–Crippen MR) is 215 cm³/mol. The fourth-order valence-corrected chi connectivity index (χ4v) is 9.22. The molecule has 52 heavy (non-hydrogen) atoms. The fourth-order valence-electron chi connectivity index (χ4n) is 9.22. The molecule has 0 saturated carbocycles. The third-order valence-corrected chi connectivity index (χ3v) is 11.3. The summed E-state index contributed by atoms with van der Waals surface area (Å²) in [6.07, 6.45) is 0. The van der Waals surface area contributed by atoms with Crippen LogP contribution < -0.4 is 4.74 Å². The first kappa shape index (κ1) is 29.1. The van der Waals surface area contributed by atoms with Crippen molar-refractivity contribution in [2.45, 2.75) is 5.41 Å². The van der Waals surface area contributed by atoms with Gasteiger partial charge in [-0.3, -0.25) is 0 Å². The Morgan fingerprint density at radius 1 is 0.365 bits per heavy atom. The Kier molecular flexibility index (Phi) is 6.23. The minimum atomic E-state index is -0.567. The summed E-state index contributed by atoms with van der Waals surface area (Å²) in [6.45, 7) is 0. The molecule has 0 atom stereocenters. The summed E-state index contributed by atoms with van der Waals surface area (Å²) in [5.74, 6) is 1.80. The van der Waals surface area contributed by atoms with Crippen molar-refractivity contribution < 1.29 is 4.74 Å². The molecule has 0 radical (unpaired) electrons. The third kappa shape index (κ3) is 3.99. The topological polar surface area (TPSA) is 9.23 Å². The van der Waals surface area contributed by atoms with Crippen molar-refractivity contribution in [3.05, 3.63) is 216 Å². The molecule has 0 bridgehead atoms. The number of para-hydroxylation sites is 1. The first-order chi connectivity index (χ1) is 25.8. The zero-order valence-electron chi connectivity index (χ0n) is 28.4. The highest BCUT2D eigenvalue weighted by molar-refractivity contribution is 6.11. The van der Waals surface area contributed by atoms with Crippen LogP contribution in [0, 0.1) is 0 Å². The van der Waals surface area contributed by atoms with Gasteiger partial charge in [-0.2, -0.15) is 0 Å². The molecule has 1 aliphatic carbocycles. The molecule has 0 saturated heterocycles. The maximum atomic E-state index is 6.54. The van der Waals surface area contributed by atoms with Crippen molar-refractivity contribution in [3.63, 3.8) is 0 Å². The lowest BCUT2D eigenvalue weighted by Crippen LogP contribution is -2.29. The Morgan fingerprint density at radius 3 is 1.79 bits per heavy atom. The molecular weight excluding hydrogens is 629 g/mol. The van der Waals surface area contributed by atoms with Crippen LogP contribution in [-0.4, -0.2) is 0 Å². The van der Waals surface area contributed by atoms with Crippen molar-refractivity contribution in [3.8, 4) is 56.0 Å². The standard InChI is InChI=1S/C51H32O/c1-4-15-33(16-5-1)44-31-35(38-29-30-47-49-41(38)24-14-25-42(49)40-23-12-13-26-46(40)52-47)32-45-48(44)43-28-27-34-17-10-11-22-39(34)50(43)51(45,36-18-6-2-7-19-36)37-20-8-3-9-21-37/h1-32H. The predicted octanol–water partition coefficient (Wildman–Crippen LogP) is 13.5. The van der Waals surface area contributed by atoms with Gasteiger partial charge >= 0.3 is 0 Å². The van der Waals surface area contributed by atoms with Crippen molar-refractivity contribution in [2.75, 3.05) is 0 Å². The summed E-state index contributed by atoms with van der Waals surface area (Å²) in [7, 11) is 0. The summed E-state index contributed by atoms with van der Waals surface area (Å²) in [5, 5.41) is 4.87. The van der Waals surface area contributed by atoms with E-state index in [9.17, 15) is 0 Å². The Labute approximate surface area is 303 Å². The van der Waals surface area contributed by atoms with E-state index in [-0.39, 0.29) is 0 Å². The van der Waals surface area contributed by atoms with Crippen LogP contribution in [0.3, 0.4) is 0 Å². The Bertz CT molecular complexity index is 2810. The molecular formula is C51H32O. The van der Waals surface area contributed by atoms with Crippen molar-refractivity contribution in [2.24, 2.45) is 0 Å². The molecule has 1 heteroatoms. The molecule has 0 unspecified atom stereocenters. The summed E-state index contributed by atoms with van der Waals surface area (Å²) < 4.78 is 6.54. The Morgan fingerprint density at radius 2 is 1.00 bits per heavy atom. The highest BCUT2D eigenvalue weighted by Gasteiger charge is 2.48. The minimum Gasteiger partial charge on any atom is -0.456 e. The van der Waals surface area contributed by atoms with Crippen LogP contribution in [0.1, 0.15) is 22.3 Å². The second-order valence-electron chi connectivity index (χ2n) is 13.9. The van der Waals surface area contributed by atoms with Crippen LogP contribution in [0.4, 0.5) is 0 Å². The van der Waals surface area contributed by atoms with Gasteiger partial charge in [0.05, 0.1) is 5.41 Å². The van der Waals surface area contributed by atoms with Gasteiger partial charge in [0.1, 0.15) is 11.5 Å². The number of hydrogen-bond donors (Lipinski definition) is 0. The van der Waals surface area contributed by atoms with E-state index in [4.69, 9.17) is 4.74 Å². The highest BCUT2D eigenvalue weighted by Crippen LogP contribution is 2.61. The zero-order chi connectivity index (χ0) is 34.2. The van der Waals surface area contributed by atoms with E-state index < -0.39 is 5.41 Å². The van der Waals surface area contributed by atoms with Crippen LogP contribution in [0.2, 0.25) is 0 Å². The van der Waals surface area contributed by atoms with Gasteiger partial charge in [0.15, 0.2) is 0 Å². The lowest BCUT2D eigenvalue weighted by Gasteiger charge is -2.35. The summed E-state index contributed by atoms with van der Waals surface area (Å²) in [6, 6.07) is 71.2. The van der Waals surface area contributed by atoms with E-state index >= 15 is 0 Å². The first-order valence-corrected chi connectivity index (χ1v) is 18.0. The second kappa shape index (κ2) is 11.2. The molecule has 0 amide bonds. The van der Waals surface area contributed by atoms with Gasteiger partial charge in [0, 0.05) is 10.9 Å². The van der Waals surface area contributed by atoms with E-state index in [1.807, 2.05) is 6.07 Å². The van der Waals surface area contributed by atoms with Crippen LogP contribution in [-0.2, 0) is 5.41 Å². The number of fused-ring (bicyclic) bond motifs is 7. The van der Waals surface area contributed by atoms with Gasteiger partial charge < -0.3 is 4.74 Å². The normalized spacial score (nSPS) is 13.3. The van der Waals surface area contributed by atoms with E-state index in [0.717, 1.165) is 22.4 Å². The molecule has 0 spiro atoms. The molecule has 9 aromatic carbocycles. The maximum Gasteiger partial charge on any atom is 0.135 e. The smallest absolute Gasteiger partial charge is 0.135 e. The van der Waals surface area contributed by atoms with E-state index in [1.54, 1.807) is 0 Å². The molecule has 11 rings (SSSR count). The Hall–Kier alpha value is -6.70. The first-order valence-electron chi connectivity index (χ1n) is 18.0. The molecule has 242 valence electrons. The number of benzene rings is 9. The fraction of sp³-hybridized carbons (Fsp3) is 0.0196. The molecule has 1 aliphatic heterocycles. The Balaban J connectivity index is 1.31. The summed E-state index contributed by atoms with van der Waals surface area (Å²) >= 11 is 0. The van der Waals surface area contributed by atoms with E-state index in [2.05, 4.69) is 188 Å². The van der Waals surface area contributed by atoms with Gasteiger partial charge in [0.25, 0.3) is 0 Å². The van der Waals surface area contributed by atoms with Crippen molar-refractivity contribution in [1.82, 2.24) is 0 Å². The SMILES string of the molecule is c1ccc(-c2cc(-c3ccc4c5c(cccc35)-c3ccccc3O4)cc3c2-c2ccc4ccccc4c2C3(c2ccccc2)c2ccccc2)cc1. The molecule has 0 aromatic heterocycles. The highest BCUT2D eigenvalue weighted by atomic mass is 16.5. The van der Waals surface area contributed by atoms with Crippen molar-refractivity contribution >= 4 is 21.5 Å². The van der Waals surface area contributed by atoms with Crippen LogP contribution >= 0.6 is 0 Å². The van der Waals surface area contributed by atoms with Gasteiger partial charge in [0.2, 0.25) is 0 Å². The van der Waals surface area contributed by atoms with Gasteiger partial charge in [-0.1, -0.05) is 170 Å². The number of rotatable bonds is 4. The third-order valence-electron chi connectivity index (χ3n) is 11.3. The zero-order valence-corrected chi connectivity index (χ0v) is 28.4. The van der Waals surface area contributed by atoms with E-state index in [0.29, 0.717) is 0 Å². The molecule has 2 aliphatic rings. The summed E-state index contributed by atoms with van der Waals surface area (Å²) in [4.78, 5) is 0. The van der Waals surface area contributed by atoms with Gasteiger partial charge in [-0.25, -0.2) is 0 Å². The molecule has 0 N–H and O–H groups in total. The average Bonchev–Trinajstić information content (AvgIpc) is 3.53. The maximum absolute atomic E-state index is 6.54. The molecule has 9 aromatic rings. The van der Waals surface area contributed by atoms with Gasteiger partial charge in [-0.05, 0) is 102 Å². The second-order valence-corrected chi connectivity index (χ2v) is 13.9.